The van der Waals surface area contributed by atoms with Gasteiger partial charge in [0.25, 0.3) is 0 Å². The molecule has 3 nitrogen and oxygen atoms in total. The Morgan fingerprint density at radius 1 is 1.09 bits per heavy atom. The first-order chi connectivity index (χ1) is 10.6. The van der Waals surface area contributed by atoms with E-state index < -0.39 is 12.0 Å². The number of hydrogen-bond donors (Lipinski definition) is 2. The van der Waals surface area contributed by atoms with Crippen molar-refractivity contribution >= 4 is 5.97 Å². The highest BCUT2D eigenvalue weighted by molar-refractivity contribution is 5.74. The molecule has 4 heteroatoms. The third-order valence-corrected chi connectivity index (χ3v) is 3.55. The maximum Gasteiger partial charge on any atom is 0.321 e. The van der Waals surface area contributed by atoms with Gasteiger partial charge in [-0.2, -0.15) is 0 Å². The molecule has 2 atom stereocenters. The molecule has 0 saturated carbocycles. The van der Waals surface area contributed by atoms with Crippen LogP contribution >= 0.6 is 0 Å². The maximum absolute atomic E-state index is 13.6. The van der Waals surface area contributed by atoms with Crippen LogP contribution in [-0.4, -0.2) is 23.2 Å². The molecule has 0 saturated heterocycles. The average Bonchev–Trinajstić information content (AvgIpc) is 2.50. The molecule has 116 valence electrons. The molecular formula is C18H20FNO2. The van der Waals surface area contributed by atoms with Gasteiger partial charge in [-0.15, -0.1) is 0 Å². The van der Waals surface area contributed by atoms with Gasteiger partial charge in [-0.05, 0) is 37.0 Å². The molecule has 0 heterocycles. The third kappa shape index (κ3) is 4.67. The molecule has 2 aromatic carbocycles. The van der Waals surface area contributed by atoms with Crippen LogP contribution in [0.2, 0.25) is 0 Å². The summed E-state index contributed by atoms with van der Waals surface area (Å²) in [6, 6.07) is 15.2. The molecule has 0 fully saturated rings. The fourth-order valence-electron chi connectivity index (χ4n) is 2.46. The van der Waals surface area contributed by atoms with Gasteiger partial charge in [-0.1, -0.05) is 48.5 Å². The maximum atomic E-state index is 13.6. The topological polar surface area (TPSA) is 49.3 Å². The Morgan fingerprint density at radius 3 is 2.36 bits per heavy atom. The molecule has 0 aliphatic carbocycles. The van der Waals surface area contributed by atoms with E-state index in [1.54, 1.807) is 18.2 Å². The molecule has 0 spiro atoms. The second-order valence-corrected chi connectivity index (χ2v) is 5.44. The second-order valence-electron chi connectivity index (χ2n) is 5.44. The molecule has 0 amide bonds. The van der Waals surface area contributed by atoms with E-state index in [0.29, 0.717) is 18.4 Å². The first kappa shape index (κ1) is 16.2. The van der Waals surface area contributed by atoms with Gasteiger partial charge >= 0.3 is 5.97 Å². The molecule has 2 rings (SSSR count). The summed E-state index contributed by atoms with van der Waals surface area (Å²) in [7, 11) is 0. The van der Waals surface area contributed by atoms with E-state index in [9.17, 15) is 14.3 Å². The van der Waals surface area contributed by atoms with Crippen molar-refractivity contribution in [1.29, 1.82) is 0 Å². The minimum absolute atomic E-state index is 0.137. The Kier molecular flexibility index (Phi) is 5.67. The summed E-state index contributed by atoms with van der Waals surface area (Å²) >= 11 is 0. The Hall–Kier alpha value is -2.20. The van der Waals surface area contributed by atoms with E-state index in [2.05, 4.69) is 5.32 Å². The van der Waals surface area contributed by atoms with Crippen LogP contribution in [0.4, 0.5) is 4.39 Å². The van der Waals surface area contributed by atoms with Crippen molar-refractivity contribution in [3.05, 3.63) is 71.5 Å². The standard InChI is InChI=1S/C18H20FNO2/c1-13(11-15-9-5-6-10-16(15)19)20-17(18(21)22)12-14-7-3-2-4-8-14/h2-10,13,17,20H,11-12H2,1H3,(H,21,22)/t13?,17-/m0/s1. The fraction of sp³-hybridized carbons (Fsp3) is 0.278. The van der Waals surface area contributed by atoms with Crippen molar-refractivity contribution in [2.45, 2.75) is 31.8 Å². The summed E-state index contributed by atoms with van der Waals surface area (Å²) in [5, 5.41) is 12.4. The smallest absolute Gasteiger partial charge is 0.321 e. The van der Waals surface area contributed by atoms with Gasteiger partial charge < -0.3 is 10.4 Å². The Bertz CT molecular complexity index is 615. The third-order valence-electron chi connectivity index (χ3n) is 3.55. The number of nitrogens with one attached hydrogen (secondary N) is 1. The first-order valence-corrected chi connectivity index (χ1v) is 7.32. The Labute approximate surface area is 129 Å². The van der Waals surface area contributed by atoms with Crippen LogP contribution in [0.1, 0.15) is 18.1 Å². The van der Waals surface area contributed by atoms with Gasteiger partial charge in [0.2, 0.25) is 0 Å². The number of carboxylic acid groups (broad SMARTS) is 1. The minimum atomic E-state index is -0.899. The zero-order valence-electron chi connectivity index (χ0n) is 12.5. The Balaban J connectivity index is 1.99. The molecule has 0 aliphatic heterocycles. The number of halogens is 1. The number of rotatable bonds is 7. The first-order valence-electron chi connectivity index (χ1n) is 7.32. The van der Waals surface area contributed by atoms with Gasteiger partial charge in [0.15, 0.2) is 0 Å². The number of carbonyl (C=O) groups is 1. The van der Waals surface area contributed by atoms with Crippen molar-refractivity contribution in [1.82, 2.24) is 5.32 Å². The van der Waals surface area contributed by atoms with Crippen LogP contribution in [-0.2, 0) is 17.6 Å². The van der Waals surface area contributed by atoms with Crippen LogP contribution in [0.5, 0.6) is 0 Å². The van der Waals surface area contributed by atoms with Gasteiger partial charge in [0, 0.05) is 6.04 Å². The van der Waals surface area contributed by atoms with Gasteiger partial charge in [-0.25, -0.2) is 4.39 Å². The van der Waals surface area contributed by atoms with E-state index in [1.807, 2.05) is 37.3 Å². The van der Waals surface area contributed by atoms with Crippen molar-refractivity contribution < 1.29 is 14.3 Å². The minimum Gasteiger partial charge on any atom is -0.480 e. The van der Waals surface area contributed by atoms with Crippen molar-refractivity contribution in [3.63, 3.8) is 0 Å². The monoisotopic (exact) mass is 301 g/mol. The molecule has 0 aliphatic rings. The lowest BCUT2D eigenvalue weighted by Crippen LogP contribution is -2.44. The lowest BCUT2D eigenvalue weighted by atomic mass is 10.0. The van der Waals surface area contributed by atoms with E-state index >= 15 is 0 Å². The predicted octanol–water partition coefficient (Wildman–Crippen LogP) is 3.04. The van der Waals surface area contributed by atoms with Crippen molar-refractivity contribution in [3.8, 4) is 0 Å². The number of benzene rings is 2. The zero-order chi connectivity index (χ0) is 15.9. The normalized spacial score (nSPS) is 13.5. The molecule has 0 aromatic heterocycles. The van der Waals surface area contributed by atoms with Crippen molar-refractivity contribution in [2.75, 3.05) is 0 Å². The number of hydrogen-bond acceptors (Lipinski definition) is 2. The number of carboxylic acids is 1. The second kappa shape index (κ2) is 7.71. The summed E-state index contributed by atoms with van der Waals surface area (Å²) in [5.41, 5.74) is 1.55. The van der Waals surface area contributed by atoms with E-state index in [-0.39, 0.29) is 11.9 Å². The quantitative estimate of drug-likeness (QED) is 0.826. The van der Waals surface area contributed by atoms with E-state index in [4.69, 9.17) is 0 Å². The van der Waals surface area contributed by atoms with Crippen LogP contribution < -0.4 is 5.32 Å². The highest BCUT2D eigenvalue weighted by Crippen LogP contribution is 2.10. The van der Waals surface area contributed by atoms with Gasteiger partial charge in [-0.3, -0.25) is 4.79 Å². The van der Waals surface area contributed by atoms with Crippen LogP contribution in [0.25, 0.3) is 0 Å². The summed E-state index contributed by atoms with van der Waals surface area (Å²) in [5.74, 6) is -1.16. The predicted molar refractivity (Wildman–Crippen MR) is 84.3 cm³/mol. The summed E-state index contributed by atoms with van der Waals surface area (Å²) in [4.78, 5) is 11.4. The summed E-state index contributed by atoms with van der Waals surface area (Å²) in [6.45, 7) is 1.87. The van der Waals surface area contributed by atoms with Gasteiger partial charge in [0.1, 0.15) is 11.9 Å². The Morgan fingerprint density at radius 2 is 1.73 bits per heavy atom. The van der Waals surface area contributed by atoms with Crippen LogP contribution in [0.15, 0.2) is 54.6 Å². The van der Waals surface area contributed by atoms with Crippen molar-refractivity contribution in [2.24, 2.45) is 0 Å². The van der Waals surface area contributed by atoms with E-state index in [0.717, 1.165) is 5.56 Å². The molecular weight excluding hydrogens is 281 g/mol. The molecule has 1 unspecified atom stereocenters. The average molecular weight is 301 g/mol. The molecule has 2 aromatic rings. The lowest BCUT2D eigenvalue weighted by Gasteiger charge is -2.20. The highest BCUT2D eigenvalue weighted by atomic mass is 19.1. The van der Waals surface area contributed by atoms with Crippen LogP contribution in [0.3, 0.4) is 0 Å². The largest absolute Gasteiger partial charge is 0.480 e. The van der Waals surface area contributed by atoms with Gasteiger partial charge in [0.05, 0.1) is 0 Å². The molecule has 0 radical (unpaired) electrons. The number of aliphatic carboxylic acids is 1. The highest BCUT2D eigenvalue weighted by Gasteiger charge is 2.20. The summed E-state index contributed by atoms with van der Waals surface area (Å²) < 4.78 is 13.6. The zero-order valence-corrected chi connectivity index (χ0v) is 12.5. The fourth-order valence-corrected chi connectivity index (χ4v) is 2.46. The summed E-state index contributed by atoms with van der Waals surface area (Å²) in [6.07, 6.45) is 0.850. The van der Waals surface area contributed by atoms with E-state index in [1.165, 1.54) is 6.07 Å². The molecule has 22 heavy (non-hydrogen) atoms. The molecule has 2 N–H and O–H groups in total. The van der Waals surface area contributed by atoms with Crippen LogP contribution in [0, 0.1) is 5.82 Å². The lowest BCUT2D eigenvalue weighted by molar-refractivity contribution is -0.139. The SMILES string of the molecule is CC(Cc1ccccc1F)N[C@@H](Cc1ccccc1)C(=O)O. The molecule has 0 bridgehead atoms.